The van der Waals surface area contributed by atoms with Crippen molar-refractivity contribution in [2.75, 3.05) is 50.8 Å². The highest BCUT2D eigenvalue weighted by Crippen LogP contribution is 2.39. The summed E-state index contributed by atoms with van der Waals surface area (Å²) in [6.45, 7) is 18.2. The third-order valence-electron chi connectivity index (χ3n) is 10.4. The van der Waals surface area contributed by atoms with Gasteiger partial charge in [0.25, 0.3) is 5.91 Å². The molecule has 5 rings (SSSR count). The Bertz CT molecular complexity index is 1470. The van der Waals surface area contributed by atoms with Crippen LogP contribution in [0.1, 0.15) is 101 Å². The van der Waals surface area contributed by atoms with Crippen molar-refractivity contribution in [3.8, 4) is 5.75 Å². The van der Waals surface area contributed by atoms with Gasteiger partial charge in [-0.1, -0.05) is 57.4 Å². The van der Waals surface area contributed by atoms with Crippen LogP contribution < -0.4 is 14.4 Å². The molecule has 0 saturated carbocycles. The Balaban J connectivity index is 1.45. The molecule has 0 aliphatic carbocycles. The van der Waals surface area contributed by atoms with Gasteiger partial charge in [-0.05, 0) is 105 Å². The highest BCUT2D eigenvalue weighted by Gasteiger charge is 2.31. The molecule has 2 aromatic rings. The van der Waals surface area contributed by atoms with E-state index >= 15 is 4.39 Å². The number of halogens is 2. The van der Waals surface area contributed by atoms with Gasteiger partial charge in [-0.25, -0.2) is 4.39 Å². The first kappa shape index (κ1) is 38.9. The van der Waals surface area contributed by atoms with E-state index < -0.39 is 0 Å². The maximum Gasteiger partial charge on any atom is 0.261 e. The van der Waals surface area contributed by atoms with Gasteiger partial charge in [-0.2, -0.15) is 0 Å². The standard InChI is InChI=1S/C40H57ClFN3O4S/c1-7-10-34-33(14-15-35(41)38(34)42)32-24-45-18-17-30(8-2)39(47-20-19-44-22-27(4)49-28(5)23-44)26(3)11-9-12-29(6)50-43-40(46)31-13-16-37(48-25-32)36(45)21-31/h11,13-16,21,27-30,32,39H,7-10,12,17-20,22-25H2,1-6H3,(H,43,46)/b26-11+. The Morgan fingerprint density at radius 3 is 2.60 bits per heavy atom. The van der Waals surface area contributed by atoms with Gasteiger partial charge in [0.2, 0.25) is 0 Å². The molecule has 1 saturated heterocycles. The summed E-state index contributed by atoms with van der Waals surface area (Å²) < 4.78 is 37.8. The molecule has 10 heteroatoms. The molecule has 50 heavy (non-hydrogen) atoms. The number of amides is 1. The molecule has 1 N–H and O–H groups in total. The van der Waals surface area contributed by atoms with Crippen LogP contribution >= 0.6 is 23.5 Å². The lowest BCUT2D eigenvalue weighted by atomic mass is 9.89. The van der Waals surface area contributed by atoms with Crippen LogP contribution in [0.15, 0.2) is 42.0 Å². The number of anilines is 1. The van der Waals surface area contributed by atoms with E-state index in [1.54, 1.807) is 6.07 Å². The fourth-order valence-electron chi connectivity index (χ4n) is 7.77. The summed E-state index contributed by atoms with van der Waals surface area (Å²) in [4.78, 5) is 18.2. The number of benzene rings is 2. The van der Waals surface area contributed by atoms with E-state index in [9.17, 15) is 4.79 Å². The van der Waals surface area contributed by atoms with Crippen molar-refractivity contribution < 1.29 is 23.4 Å². The van der Waals surface area contributed by atoms with Crippen molar-refractivity contribution in [1.82, 2.24) is 9.62 Å². The minimum Gasteiger partial charge on any atom is -0.491 e. The largest absolute Gasteiger partial charge is 0.491 e. The molecule has 2 aromatic carbocycles. The topological polar surface area (TPSA) is 63.3 Å². The Morgan fingerprint density at radius 1 is 1.08 bits per heavy atom. The quantitative estimate of drug-likeness (QED) is 0.215. The lowest BCUT2D eigenvalue weighted by Gasteiger charge is -2.36. The van der Waals surface area contributed by atoms with Crippen molar-refractivity contribution >= 4 is 35.1 Å². The Labute approximate surface area is 308 Å². The van der Waals surface area contributed by atoms with E-state index in [1.165, 1.54) is 17.5 Å². The van der Waals surface area contributed by atoms with Crippen molar-refractivity contribution in [2.45, 2.75) is 110 Å². The van der Waals surface area contributed by atoms with Crippen LogP contribution in [0.2, 0.25) is 5.02 Å². The van der Waals surface area contributed by atoms with Crippen LogP contribution in [0.4, 0.5) is 10.1 Å². The molecule has 3 aliphatic rings. The maximum absolute atomic E-state index is 15.4. The minimum atomic E-state index is -0.333. The lowest BCUT2D eigenvalue weighted by molar-refractivity contribution is -0.0769. The molecule has 0 aromatic heterocycles. The molecule has 6 unspecified atom stereocenters. The molecule has 7 nitrogen and oxygen atoms in total. The van der Waals surface area contributed by atoms with Gasteiger partial charge < -0.3 is 19.1 Å². The number of ether oxygens (including phenoxy) is 3. The number of carbonyl (C=O) groups excluding carboxylic acids is 1. The van der Waals surface area contributed by atoms with Gasteiger partial charge >= 0.3 is 0 Å². The number of hydrogen-bond donors (Lipinski definition) is 1. The minimum absolute atomic E-state index is 0.00203. The van der Waals surface area contributed by atoms with E-state index in [4.69, 9.17) is 25.8 Å². The van der Waals surface area contributed by atoms with Gasteiger partial charge in [-0.3, -0.25) is 14.4 Å². The predicted octanol–water partition coefficient (Wildman–Crippen LogP) is 8.83. The molecule has 0 radical (unpaired) electrons. The van der Waals surface area contributed by atoms with Crippen LogP contribution in [0.5, 0.6) is 5.75 Å². The summed E-state index contributed by atoms with van der Waals surface area (Å²) in [5.74, 6) is 0.499. The molecular formula is C40H57ClFN3O4S. The molecular weight excluding hydrogens is 673 g/mol. The van der Waals surface area contributed by atoms with Gasteiger partial charge in [0.15, 0.2) is 0 Å². The maximum atomic E-state index is 15.4. The number of rotatable bonds is 8. The summed E-state index contributed by atoms with van der Waals surface area (Å²) in [5.41, 5.74) is 4.38. The van der Waals surface area contributed by atoms with Crippen LogP contribution in [-0.4, -0.2) is 80.3 Å². The van der Waals surface area contributed by atoms with E-state index in [1.807, 2.05) is 24.3 Å². The Kier molecular flexibility index (Phi) is 14.4. The van der Waals surface area contributed by atoms with Gasteiger partial charge in [0.05, 0.1) is 42.2 Å². The zero-order valence-corrected chi connectivity index (χ0v) is 32.4. The first-order valence-corrected chi connectivity index (χ1v) is 19.9. The lowest BCUT2D eigenvalue weighted by Crippen LogP contribution is -2.46. The average molecular weight is 730 g/mol. The Hall–Kier alpha value is -2.30. The summed E-state index contributed by atoms with van der Waals surface area (Å²) in [6, 6.07) is 9.35. The number of allylic oxidation sites excluding steroid dienone is 1. The Morgan fingerprint density at radius 2 is 1.86 bits per heavy atom. The molecule has 1 fully saturated rings. The summed E-state index contributed by atoms with van der Waals surface area (Å²) >= 11 is 7.75. The van der Waals surface area contributed by atoms with Crippen molar-refractivity contribution in [3.05, 3.63) is 69.5 Å². The second kappa shape index (κ2) is 18.5. The molecule has 3 aliphatic heterocycles. The second-order valence-corrected chi connectivity index (χ2v) is 16.1. The third kappa shape index (κ3) is 9.97. The number of morpholine rings is 1. The van der Waals surface area contributed by atoms with E-state index in [0.29, 0.717) is 37.3 Å². The van der Waals surface area contributed by atoms with Crippen LogP contribution in [0.3, 0.4) is 0 Å². The van der Waals surface area contributed by atoms with Crippen molar-refractivity contribution in [2.24, 2.45) is 5.92 Å². The number of nitrogens with zero attached hydrogens (tertiary/aromatic N) is 2. The first-order chi connectivity index (χ1) is 24.1. The van der Waals surface area contributed by atoms with E-state index in [0.717, 1.165) is 75.3 Å². The zero-order valence-electron chi connectivity index (χ0n) is 30.8. The van der Waals surface area contributed by atoms with Gasteiger partial charge in [0, 0.05) is 49.5 Å². The number of fused-ring (bicyclic) bond motifs is 1. The van der Waals surface area contributed by atoms with Crippen LogP contribution in [0.25, 0.3) is 0 Å². The predicted molar refractivity (Wildman–Crippen MR) is 204 cm³/mol. The van der Waals surface area contributed by atoms with Gasteiger partial charge in [-0.15, -0.1) is 0 Å². The molecule has 1 amide bonds. The zero-order chi connectivity index (χ0) is 35.8. The number of hydrogen-bond acceptors (Lipinski definition) is 7. The average Bonchev–Trinajstić information content (AvgIpc) is 3.27. The number of nitrogens with one attached hydrogen (secondary N) is 1. The smallest absolute Gasteiger partial charge is 0.261 e. The fraction of sp³-hybridized carbons (Fsp3) is 0.625. The molecule has 6 atom stereocenters. The fourth-order valence-corrected chi connectivity index (χ4v) is 8.63. The third-order valence-corrected chi connectivity index (χ3v) is 11.6. The summed E-state index contributed by atoms with van der Waals surface area (Å²) in [5, 5.41) is 0.404. The number of carbonyl (C=O) groups is 1. The molecule has 276 valence electrons. The van der Waals surface area contributed by atoms with Crippen molar-refractivity contribution in [3.63, 3.8) is 0 Å². The SMILES string of the molecule is CCCc1c(C2COc3ccc4cc3N(CCC(CC)C(OCCN3CC(C)OC(C)C3)/C(C)=C/CCC(C)SNC4=O)C2)ccc(Cl)c1F. The first-order valence-electron chi connectivity index (χ1n) is 18.7. The summed E-state index contributed by atoms with van der Waals surface area (Å²) in [7, 11) is 0. The van der Waals surface area contributed by atoms with Crippen LogP contribution in [-0.2, 0) is 15.9 Å². The van der Waals surface area contributed by atoms with Gasteiger partial charge in [0.1, 0.15) is 11.6 Å². The second-order valence-electron chi connectivity index (χ2n) is 14.5. The highest BCUT2D eigenvalue weighted by atomic mass is 35.5. The van der Waals surface area contributed by atoms with Crippen LogP contribution in [0, 0.1) is 11.7 Å². The molecule has 0 spiro atoms. The molecule has 3 heterocycles. The monoisotopic (exact) mass is 729 g/mol. The summed E-state index contributed by atoms with van der Waals surface area (Å²) in [6.07, 6.45) is 7.95. The normalized spacial score (nSPS) is 28.3. The van der Waals surface area contributed by atoms with E-state index in [2.05, 4.69) is 62.1 Å². The molecule has 2 bridgehead atoms. The highest BCUT2D eigenvalue weighted by molar-refractivity contribution is 7.98. The van der Waals surface area contributed by atoms with Crippen molar-refractivity contribution in [1.29, 1.82) is 0 Å². The van der Waals surface area contributed by atoms with E-state index in [-0.39, 0.29) is 52.1 Å².